The maximum atomic E-state index is 12.7. The number of aliphatic hydroxyl groups excluding tert-OH is 4. The Kier molecular flexibility index (Phi) is 34.5. The lowest BCUT2D eigenvalue weighted by Crippen LogP contribution is -2.59. The Labute approximate surface area is 354 Å². The Morgan fingerprint density at radius 3 is 1.42 bits per heavy atom. The summed E-state index contributed by atoms with van der Waals surface area (Å²) in [6.07, 6.45) is 46.5. The average molecular weight is 823 g/mol. The van der Waals surface area contributed by atoms with Gasteiger partial charge in [-0.25, -0.2) is 0 Å². The van der Waals surface area contributed by atoms with Gasteiger partial charge < -0.3 is 39.4 Å². The van der Waals surface area contributed by atoms with Crippen LogP contribution >= 0.6 is 0 Å². The second kappa shape index (κ2) is 38.3. The topological polar surface area (TPSA) is 152 Å². The van der Waals surface area contributed by atoms with Crippen LogP contribution in [0, 0.1) is 0 Å². The highest BCUT2D eigenvalue weighted by Gasteiger charge is 2.44. The van der Waals surface area contributed by atoms with Gasteiger partial charge in [0.15, 0.2) is 12.4 Å². The summed E-state index contributed by atoms with van der Waals surface area (Å²) in [4.78, 5) is 25.3. The molecule has 0 saturated carbocycles. The van der Waals surface area contributed by atoms with E-state index in [4.69, 9.17) is 18.9 Å². The quantitative estimate of drug-likeness (QED) is 0.0287. The van der Waals surface area contributed by atoms with Gasteiger partial charge in [0.2, 0.25) is 0 Å². The van der Waals surface area contributed by atoms with Crippen LogP contribution in [0.25, 0.3) is 0 Å². The van der Waals surface area contributed by atoms with Crippen LogP contribution in [0.4, 0.5) is 0 Å². The first-order valence-corrected chi connectivity index (χ1v) is 21.6. The highest BCUT2D eigenvalue weighted by molar-refractivity contribution is 5.70. The molecule has 0 amide bonds. The van der Waals surface area contributed by atoms with Crippen LogP contribution in [0.3, 0.4) is 0 Å². The Bertz CT molecular complexity index is 1370. The molecule has 0 spiro atoms. The predicted octanol–water partition coefficient (Wildman–Crippen LogP) is 9.10. The van der Waals surface area contributed by atoms with Gasteiger partial charge in [0, 0.05) is 12.8 Å². The molecular weight excluding hydrogens is 749 g/mol. The Morgan fingerprint density at radius 2 is 0.966 bits per heavy atom. The summed E-state index contributed by atoms with van der Waals surface area (Å²) in [5.74, 6) is -0.970. The molecular formula is C49H74O10. The molecule has 0 bridgehead atoms. The molecule has 0 aromatic carbocycles. The molecule has 1 aliphatic heterocycles. The zero-order valence-corrected chi connectivity index (χ0v) is 35.7. The van der Waals surface area contributed by atoms with Crippen LogP contribution in [0.1, 0.15) is 117 Å². The van der Waals surface area contributed by atoms with Crippen molar-refractivity contribution in [3.05, 3.63) is 122 Å². The van der Waals surface area contributed by atoms with Crippen molar-refractivity contribution in [3.63, 3.8) is 0 Å². The fourth-order valence-electron chi connectivity index (χ4n) is 5.50. The SMILES string of the molecule is CC/C=C/C/C=C/C/C=C/C/C=C/C/C=C/C/C=C/CCC(=O)O[C@H](COC(=O)CCCC/C=C/C/C=C/C/C=C/C/C=C/CC)CO[C@@H]1O[C@H](CO)[C@H](O)C(O)C1O. The Morgan fingerprint density at radius 1 is 0.525 bits per heavy atom. The summed E-state index contributed by atoms with van der Waals surface area (Å²) in [7, 11) is 0. The second-order valence-electron chi connectivity index (χ2n) is 14.0. The van der Waals surface area contributed by atoms with Gasteiger partial charge in [0.05, 0.1) is 13.2 Å². The normalized spacial score (nSPS) is 21.2. The summed E-state index contributed by atoms with van der Waals surface area (Å²) in [6.45, 7) is 3.04. The minimum atomic E-state index is -1.62. The standard InChI is InChI=1S/C49H74O10/c1-3-5-7-9-11-13-15-17-19-20-21-22-24-26-28-30-32-34-36-38-45(52)58-42(41-57-49-48(55)47(54)46(53)43(39-50)59-49)40-56-44(51)37-35-33-31-29-27-25-23-18-16-14-12-10-8-6-4-2/h5-8,11-14,17-19,21-23,26-29,32,34,42-43,46-50,53-55H,3-4,9-10,15-16,20,24-25,30-31,33,35-41H2,1-2H3/b7-5+,8-6+,13-11+,14-12+,19-17+,22-21+,23-18+,28-26+,29-27+,34-32+/t42-,43-,46+,47?,48?,49-/m1/s1. The summed E-state index contributed by atoms with van der Waals surface area (Å²) in [5.41, 5.74) is 0. The number of aliphatic hydroxyl groups is 4. The first-order valence-electron chi connectivity index (χ1n) is 21.6. The maximum absolute atomic E-state index is 12.7. The van der Waals surface area contributed by atoms with Crippen LogP contribution in [0.5, 0.6) is 0 Å². The number of carbonyl (C=O) groups excluding carboxylic acids is 2. The van der Waals surface area contributed by atoms with Crippen molar-refractivity contribution in [3.8, 4) is 0 Å². The highest BCUT2D eigenvalue weighted by Crippen LogP contribution is 2.22. The van der Waals surface area contributed by atoms with Gasteiger partial charge in [0.1, 0.15) is 31.0 Å². The van der Waals surface area contributed by atoms with E-state index in [1.54, 1.807) is 0 Å². The molecule has 1 saturated heterocycles. The number of unbranched alkanes of at least 4 members (excludes halogenated alkanes) is 2. The van der Waals surface area contributed by atoms with E-state index in [0.717, 1.165) is 77.0 Å². The van der Waals surface area contributed by atoms with Crippen LogP contribution in [-0.4, -0.2) is 89.0 Å². The van der Waals surface area contributed by atoms with E-state index < -0.39 is 55.4 Å². The van der Waals surface area contributed by atoms with E-state index in [1.807, 2.05) is 12.2 Å². The van der Waals surface area contributed by atoms with Crippen molar-refractivity contribution in [2.75, 3.05) is 19.8 Å². The van der Waals surface area contributed by atoms with Crippen molar-refractivity contribution in [1.29, 1.82) is 0 Å². The number of ether oxygens (including phenoxy) is 4. The first-order chi connectivity index (χ1) is 28.8. The predicted molar refractivity (Wildman–Crippen MR) is 237 cm³/mol. The summed E-state index contributed by atoms with van der Waals surface area (Å²) < 4.78 is 22.0. The lowest BCUT2D eigenvalue weighted by atomic mass is 9.99. The van der Waals surface area contributed by atoms with E-state index >= 15 is 0 Å². The number of allylic oxidation sites excluding steroid dienone is 20. The highest BCUT2D eigenvalue weighted by atomic mass is 16.7. The number of hydrogen-bond acceptors (Lipinski definition) is 10. The summed E-state index contributed by atoms with van der Waals surface area (Å²) >= 11 is 0. The molecule has 59 heavy (non-hydrogen) atoms. The van der Waals surface area contributed by atoms with E-state index in [0.29, 0.717) is 12.8 Å². The summed E-state index contributed by atoms with van der Waals surface area (Å²) in [6, 6.07) is 0. The molecule has 1 heterocycles. The van der Waals surface area contributed by atoms with E-state index in [1.165, 1.54) is 0 Å². The maximum Gasteiger partial charge on any atom is 0.306 e. The molecule has 10 heteroatoms. The zero-order valence-electron chi connectivity index (χ0n) is 35.7. The minimum Gasteiger partial charge on any atom is -0.462 e. The van der Waals surface area contributed by atoms with Crippen molar-refractivity contribution >= 4 is 11.9 Å². The van der Waals surface area contributed by atoms with Gasteiger partial charge in [-0.2, -0.15) is 0 Å². The number of esters is 2. The van der Waals surface area contributed by atoms with Gasteiger partial charge in [0.25, 0.3) is 0 Å². The van der Waals surface area contributed by atoms with Gasteiger partial charge >= 0.3 is 11.9 Å². The molecule has 1 aliphatic rings. The lowest BCUT2D eigenvalue weighted by molar-refractivity contribution is -0.305. The first kappa shape index (κ1) is 53.1. The molecule has 6 atom stereocenters. The largest absolute Gasteiger partial charge is 0.462 e. The third-order valence-corrected chi connectivity index (χ3v) is 8.86. The number of carbonyl (C=O) groups is 2. The molecule has 0 aromatic heterocycles. The number of rotatable bonds is 33. The van der Waals surface area contributed by atoms with Gasteiger partial charge in [-0.05, 0) is 89.9 Å². The molecule has 0 aliphatic carbocycles. The minimum absolute atomic E-state index is 0.0873. The van der Waals surface area contributed by atoms with Crippen LogP contribution < -0.4 is 0 Å². The van der Waals surface area contributed by atoms with Crippen LogP contribution in [0.15, 0.2) is 122 Å². The molecule has 1 fully saturated rings. The molecule has 1 rings (SSSR count). The van der Waals surface area contributed by atoms with Crippen molar-refractivity contribution in [2.24, 2.45) is 0 Å². The third kappa shape index (κ3) is 29.9. The Hall–Kier alpha value is -3.90. The van der Waals surface area contributed by atoms with Gasteiger partial charge in [-0.3, -0.25) is 9.59 Å². The van der Waals surface area contributed by atoms with Crippen molar-refractivity contribution in [2.45, 2.75) is 153 Å². The fourth-order valence-corrected chi connectivity index (χ4v) is 5.50. The monoisotopic (exact) mass is 823 g/mol. The smallest absolute Gasteiger partial charge is 0.306 e. The van der Waals surface area contributed by atoms with Crippen LogP contribution in [0.2, 0.25) is 0 Å². The fraction of sp³-hybridized carbons (Fsp3) is 0.551. The van der Waals surface area contributed by atoms with Gasteiger partial charge in [-0.1, -0.05) is 135 Å². The molecule has 2 unspecified atom stereocenters. The molecule has 4 N–H and O–H groups in total. The van der Waals surface area contributed by atoms with E-state index in [9.17, 15) is 30.0 Å². The lowest BCUT2D eigenvalue weighted by Gasteiger charge is -2.39. The average Bonchev–Trinajstić information content (AvgIpc) is 3.23. The molecule has 330 valence electrons. The number of hydrogen-bond donors (Lipinski definition) is 4. The third-order valence-electron chi connectivity index (χ3n) is 8.86. The second-order valence-corrected chi connectivity index (χ2v) is 14.0. The molecule has 0 radical (unpaired) electrons. The Balaban J connectivity index is 2.45. The van der Waals surface area contributed by atoms with E-state index in [-0.39, 0.29) is 26.1 Å². The zero-order chi connectivity index (χ0) is 43.0. The van der Waals surface area contributed by atoms with Crippen molar-refractivity contribution < 1.29 is 49.0 Å². The molecule has 0 aromatic rings. The molecule has 10 nitrogen and oxygen atoms in total. The summed E-state index contributed by atoms with van der Waals surface area (Å²) in [5, 5.41) is 40.0. The van der Waals surface area contributed by atoms with Gasteiger partial charge in [-0.15, -0.1) is 0 Å². The van der Waals surface area contributed by atoms with Crippen molar-refractivity contribution in [1.82, 2.24) is 0 Å². The van der Waals surface area contributed by atoms with E-state index in [2.05, 4.69) is 123 Å². The van der Waals surface area contributed by atoms with Crippen LogP contribution in [-0.2, 0) is 28.5 Å².